The molecule has 0 amide bonds. The van der Waals surface area contributed by atoms with E-state index in [0.717, 1.165) is 48.9 Å². The summed E-state index contributed by atoms with van der Waals surface area (Å²) in [5, 5.41) is 0.748. The van der Waals surface area contributed by atoms with Crippen molar-refractivity contribution >= 4 is 17.3 Å². The lowest BCUT2D eigenvalue weighted by atomic mass is 9.99. The maximum Gasteiger partial charge on any atom is 0.119 e. The summed E-state index contributed by atoms with van der Waals surface area (Å²) in [4.78, 5) is 5.22. The lowest BCUT2D eigenvalue weighted by molar-refractivity contribution is 0.187. The number of hydrogen-bond donors (Lipinski definition) is 1. The van der Waals surface area contributed by atoms with Crippen LogP contribution in [0.1, 0.15) is 58.9 Å². The quantitative estimate of drug-likeness (QED) is 0.367. The standard InChI is InChI=1S/C29H44ClN3O/c1-22(2)15-17-33(28-6-5-16-32(20-28)19-26(31)18-23(3)4)27-11-13-29(14-12-27)34-21-24-7-9-25(30)10-8-24/h7-14,22-23,26,28H,5-6,15-21,31H2,1-4H3. The summed E-state index contributed by atoms with van der Waals surface area (Å²) < 4.78 is 6.02. The molecule has 1 aliphatic heterocycles. The number of benzene rings is 2. The third kappa shape index (κ3) is 8.79. The van der Waals surface area contributed by atoms with Gasteiger partial charge in [0.05, 0.1) is 0 Å². The third-order valence-corrected chi connectivity index (χ3v) is 6.87. The highest BCUT2D eigenvalue weighted by Gasteiger charge is 2.26. The Morgan fingerprint density at radius 3 is 2.38 bits per heavy atom. The molecule has 5 heteroatoms. The molecule has 0 aromatic heterocycles. The molecule has 188 valence electrons. The zero-order valence-corrected chi connectivity index (χ0v) is 22.3. The second kappa shape index (κ2) is 13.4. The fraction of sp³-hybridized carbons (Fsp3) is 0.586. The van der Waals surface area contributed by atoms with Gasteiger partial charge in [-0.25, -0.2) is 0 Å². The molecule has 3 rings (SSSR count). The van der Waals surface area contributed by atoms with E-state index in [1.54, 1.807) is 0 Å². The summed E-state index contributed by atoms with van der Waals surface area (Å²) in [6.45, 7) is 14.0. The van der Waals surface area contributed by atoms with E-state index in [-0.39, 0.29) is 6.04 Å². The van der Waals surface area contributed by atoms with Crippen LogP contribution in [-0.4, -0.2) is 43.2 Å². The van der Waals surface area contributed by atoms with Crippen LogP contribution in [0, 0.1) is 11.8 Å². The summed E-state index contributed by atoms with van der Waals surface area (Å²) in [5.74, 6) is 2.23. The van der Waals surface area contributed by atoms with Crippen molar-refractivity contribution in [3.8, 4) is 5.75 Å². The van der Waals surface area contributed by atoms with Gasteiger partial charge in [-0.05, 0) is 86.0 Å². The second-order valence-corrected chi connectivity index (χ2v) is 11.2. The Bertz CT molecular complexity index is 837. The summed E-state index contributed by atoms with van der Waals surface area (Å²) in [7, 11) is 0. The van der Waals surface area contributed by atoms with Crippen molar-refractivity contribution in [1.82, 2.24) is 4.90 Å². The first-order valence-corrected chi connectivity index (χ1v) is 13.4. The molecule has 4 nitrogen and oxygen atoms in total. The molecule has 2 aromatic carbocycles. The van der Waals surface area contributed by atoms with Crippen LogP contribution in [0.25, 0.3) is 0 Å². The molecular formula is C29H44ClN3O. The average Bonchev–Trinajstić information content (AvgIpc) is 2.79. The van der Waals surface area contributed by atoms with Crippen LogP contribution in [0.5, 0.6) is 5.75 Å². The van der Waals surface area contributed by atoms with Crippen molar-refractivity contribution in [2.75, 3.05) is 31.1 Å². The van der Waals surface area contributed by atoms with E-state index in [9.17, 15) is 0 Å². The van der Waals surface area contributed by atoms with E-state index in [4.69, 9.17) is 22.1 Å². The van der Waals surface area contributed by atoms with Crippen molar-refractivity contribution < 1.29 is 4.74 Å². The van der Waals surface area contributed by atoms with Crippen LogP contribution in [-0.2, 0) is 6.61 Å². The van der Waals surface area contributed by atoms with Gasteiger partial charge in [0.1, 0.15) is 12.4 Å². The largest absolute Gasteiger partial charge is 0.489 e. The summed E-state index contributed by atoms with van der Waals surface area (Å²) in [6, 6.07) is 17.3. The van der Waals surface area contributed by atoms with E-state index < -0.39 is 0 Å². The molecule has 1 heterocycles. The number of likely N-dealkylation sites (tertiary alicyclic amines) is 1. The normalized spacial score (nSPS) is 17.8. The molecule has 0 aliphatic carbocycles. The fourth-order valence-electron chi connectivity index (χ4n) is 4.86. The van der Waals surface area contributed by atoms with Crippen LogP contribution in [0.3, 0.4) is 0 Å². The number of rotatable bonds is 12. The van der Waals surface area contributed by atoms with Crippen LogP contribution in [0.2, 0.25) is 5.02 Å². The first-order valence-electron chi connectivity index (χ1n) is 13.0. The second-order valence-electron chi connectivity index (χ2n) is 10.7. The van der Waals surface area contributed by atoms with Gasteiger partial charge in [0.15, 0.2) is 0 Å². The van der Waals surface area contributed by atoms with Crippen LogP contribution in [0.4, 0.5) is 5.69 Å². The zero-order valence-electron chi connectivity index (χ0n) is 21.6. The Morgan fingerprint density at radius 1 is 1.03 bits per heavy atom. The zero-order chi connectivity index (χ0) is 24.5. The smallest absolute Gasteiger partial charge is 0.119 e. The van der Waals surface area contributed by atoms with Crippen molar-refractivity contribution in [3.05, 3.63) is 59.1 Å². The molecule has 2 N–H and O–H groups in total. The summed E-state index contributed by atoms with van der Waals surface area (Å²) >= 11 is 5.98. The van der Waals surface area contributed by atoms with E-state index in [1.165, 1.54) is 24.9 Å². The first kappa shape index (κ1) is 26.8. The number of ether oxygens (including phenoxy) is 1. The van der Waals surface area contributed by atoms with E-state index in [1.807, 2.05) is 24.3 Å². The highest BCUT2D eigenvalue weighted by atomic mass is 35.5. The van der Waals surface area contributed by atoms with Gasteiger partial charge in [0.25, 0.3) is 0 Å². The topological polar surface area (TPSA) is 41.7 Å². The fourth-order valence-corrected chi connectivity index (χ4v) is 4.99. The molecule has 1 fully saturated rings. The molecule has 0 saturated carbocycles. The van der Waals surface area contributed by atoms with E-state index >= 15 is 0 Å². The Kier molecular flexibility index (Phi) is 10.6. The van der Waals surface area contributed by atoms with Gasteiger partial charge in [-0.15, -0.1) is 0 Å². The monoisotopic (exact) mass is 485 g/mol. The molecule has 2 atom stereocenters. The van der Waals surface area contributed by atoms with Gasteiger partial charge >= 0.3 is 0 Å². The van der Waals surface area contributed by atoms with Gasteiger partial charge in [0.2, 0.25) is 0 Å². The predicted molar refractivity (Wildman–Crippen MR) is 146 cm³/mol. The van der Waals surface area contributed by atoms with Gasteiger partial charge in [0, 0.05) is 42.4 Å². The van der Waals surface area contributed by atoms with E-state index in [2.05, 4.69) is 61.8 Å². The van der Waals surface area contributed by atoms with E-state index in [0.29, 0.717) is 24.5 Å². The van der Waals surface area contributed by atoms with Crippen molar-refractivity contribution in [3.63, 3.8) is 0 Å². The molecule has 2 aromatic rings. The minimum atomic E-state index is 0.264. The lowest BCUT2D eigenvalue weighted by Crippen LogP contribution is -2.51. The summed E-state index contributed by atoms with van der Waals surface area (Å²) in [6.07, 6.45) is 4.76. The van der Waals surface area contributed by atoms with Gasteiger partial charge in [-0.2, -0.15) is 0 Å². The van der Waals surface area contributed by atoms with Gasteiger partial charge < -0.3 is 15.4 Å². The Balaban J connectivity index is 1.64. The van der Waals surface area contributed by atoms with Crippen molar-refractivity contribution in [2.45, 2.75) is 72.1 Å². The molecule has 0 spiro atoms. The maximum atomic E-state index is 6.46. The predicted octanol–water partition coefficient (Wildman–Crippen LogP) is 6.61. The third-order valence-electron chi connectivity index (χ3n) is 6.62. The Labute approximate surface area is 212 Å². The molecule has 1 saturated heterocycles. The van der Waals surface area contributed by atoms with Gasteiger partial charge in [-0.1, -0.05) is 51.4 Å². The van der Waals surface area contributed by atoms with Crippen molar-refractivity contribution in [2.24, 2.45) is 17.6 Å². The molecule has 34 heavy (non-hydrogen) atoms. The number of halogens is 1. The maximum absolute atomic E-state index is 6.46. The molecular weight excluding hydrogens is 442 g/mol. The number of nitrogens with zero attached hydrogens (tertiary/aromatic N) is 2. The van der Waals surface area contributed by atoms with Gasteiger partial charge in [-0.3, -0.25) is 4.90 Å². The molecule has 0 radical (unpaired) electrons. The number of nitrogens with two attached hydrogens (primary N) is 1. The lowest BCUT2D eigenvalue weighted by Gasteiger charge is -2.42. The van der Waals surface area contributed by atoms with Crippen LogP contribution in [0.15, 0.2) is 48.5 Å². The minimum absolute atomic E-state index is 0.264. The SMILES string of the molecule is CC(C)CCN(c1ccc(OCc2ccc(Cl)cc2)cc1)C1CCCN(CC(N)CC(C)C)C1. The highest BCUT2D eigenvalue weighted by molar-refractivity contribution is 6.30. The highest BCUT2D eigenvalue weighted by Crippen LogP contribution is 2.27. The average molecular weight is 486 g/mol. The molecule has 2 unspecified atom stereocenters. The Hall–Kier alpha value is -1.75. The number of piperidine rings is 1. The Morgan fingerprint density at radius 2 is 1.74 bits per heavy atom. The summed E-state index contributed by atoms with van der Waals surface area (Å²) in [5.41, 5.74) is 8.86. The molecule has 0 bridgehead atoms. The molecule has 1 aliphatic rings. The van der Waals surface area contributed by atoms with Crippen LogP contribution >= 0.6 is 11.6 Å². The minimum Gasteiger partial charge on any atom is -0.489 e. The number of anilines is 1. The van der Waals surface area contributed by atoms with Crippen LogP contribution < -0.4 is 15.4 Å². The van der Waals surface area contributed by atoms with Crippen molar-refractivity contribution in [1.29, 1.82) is 0 Å². The number of hydrogen-bond acceptors (Lipinski definition) is 4. The first-order chi connectivity index (χ1) is 16.3.